The number of benzene rings is 1. The quantitative estimate of drug-likeness (QED) is 0.752. The molecule has 0 saturated carbocycles. The first-order chi connectivity index (χ1) is 13.1. The third-order valence-corrected chi connectivity index (χ3v) is 5.33. The largest absolute Gasteiger partial charge is 0.486 e. The fourth-order valence-corrected chi connectivity index (χ4v) is 3.97. The summed E-state index contributed by atoms with van der Waals surface area (Å²) in [7, 11) is 0. The highest BCUT2D eigenvalue weighted by molar-refractivity contribution is 5.81. The van der Waals surface area contributed by atoms with E-state index in [9.17, 15) is 14.7 Å². The number of carboxylic acid groups (broad SMARTS) is 1. The van der Waals surface area contributed by atoms with Gasteiger partial charge in [0, 0.05) is 5.54 Å². The van der Waals surface area contributed by atoms with Crippen LogP contribution in [-0.2, 0) is 9.53 Å². The zero-order valence-electron chi connectivity index (χ0n) is 17.6. The first-order valence-electron chi connectivity index (χ1n) is 10.1. The third kappa shape index (κ3) is 5.40. The number of hydrogen-bond donors (Lipinski definition) is 1. The number of rotatable bonds is 4. The van der Waals surface area contributed by atoms with E-state index in [0.29, 0.717) is 6.42 Å². The van der Waals surface area contributed by atoms with Crippen molar-refractivity contribution < 1.29 is 24.2 Å². The molecule has 1 aromatic carbocycles. The highest BCUT2D eigenvalue weighted by Crippen LogP contribution is 2.30. The van der Waals surface area contributed by atoms with E-state index in [2.05, 4.69) is 6.92 Å². The van der Waals surface area contributed by atoms with Gasteiger partial charge in [-0.25, -0.2) is 9.59 Å². The minimum absolute atomic E-state index is 0.217. The molecule has 1 aromatic rings. The van der Waals surface area contributed by atoms with Crippen LogP contribution in [0.15, 0.2) is 30.3 Å². The summed E-state index contributed by atoms with van der Waals surface area (Å²) in [5, 5.41) is 9.72. The molecule has 1 N–H and O–H groups in total. The number of cyclic esters (lactones) is 1. The highest BCUT2D eigenvalue weighted by Gasteiger charge is 2.41. The van der Waals surface area contributed by atoms with Gasteiger partial charge in [0.25, 0.3) is 0 Å². The van der Waals surface area contributed by atoms with Crippen molar-refractivity contribution in [2.75, 3.05) is 0 Å². The van der Waals surface area contributed by atoms with Crippen molar-refractivity contribution >= 4 is 12.1 Å². The van der Waals surface area contributed by atoms with Gasteiger partial charge in [-0.1, -0.05) is 31.5 Å². The molecule has 1 aliphatic heterocycles. The van der Waals surface area contributed by atoms with E-state index in [1.165, 1.54) is 4.90 Å². The van der Waals surface area contributed by atoms with E-state index in [4.69, 9.17) is 9.47 Å². The Labute approximate surface area is 167 Å². The van der Waals surface area contributed by atoms with Gasteiger partial charge in [0.15, 0.2) is 0 Å². The highest BCUT2D eigenvalue weighted by atomic mass is 16.6. The van der Waals surface area contributed by atoms with Crippen LogP contribution < -0.4 is 4.74 Å². The summed E-state index contributed by atoms with van der Waals surface area (Å²) in [5.74, 6) is 0.462. The second-order valence-electron chi connectivity index (χ2n) is 8.48. The van der Waals surface area contributed by atoms with Crippen molar-refractivity contribution in [2.24, 2.45) is 5.92 Å². The number of esters is 1. The fourth-order valence-electron chi connectivity index (χ4n) is 3.97. The number of para-hydroxylation sites is 1. The van der Waals surface area contributed by atoms with Gasteiger partial charge < -0.3 is 14.6 Å². The lowest BCUT2D eigenvalue weighted by atomic mass is 9.90. The van der Waals surface area contributed by atoms with E-state index < -0.39 is 29.7 Å². The lowest BCUT2D eigenvalue weighted by Gasteiger charge is -2.38. The zero-order chi connectivity index (χ0) is 20.9. The van der Waals surface area contributed by atoms with Gasteiger partial charge in [0.05, 0.1) is 0 Å². The van der Waals surface area contributed by atoms with Crippen LogP contribution in [0.2, 0.25) is 0 Å². The number of carbonyl (C=O) groups excluding carboxylic acids is 1. The molecular weight excluding hydrogens is 358 g/mol. The molecule has 1 aliphatic rings. The summed E-state index contributed by atoms with van der Waals surface area (Å²) in [4.78, 5) is 26.0. The van der Waals surface area contributed by atoms with Crippen LogP contribution in [-0.4, -0.2) is 45.9 Å². The average molecular weight is 392 g/mol. The monoisotopic (exact) mass is 391 g/mol. The predicted molar refractivity (Wildman–Crippen MR) is 107 cm³/mol. The Balaban J connectivity index is 2.27. The summed E-state index contributed by atoms with van der Waals surface area (Å²) in [6.07, 6.45) is 1.07. The molecule has 1 heterocycles. The predicted octanol–water partition coefficient (Wildman–Crippen LogP) is 4.72. The van der Waals surface area contributed by atoms with Crippen molar-refractivity contribution in [3.63, 3.8) is 0 Å². The minimum Gasteiger partial charge on any atom is -0.486 e. The topological polar surface area (TPSA) is 76.1 Å². The lowest BCUT2D eigenvalue weighted by molar-refractivity contribution is -0.161. The van der Waals surface area contributed by atoms with Crippen LogP contribution in [0.3, 0.4) is 0 Å². The number of nitrogens with zero attached hydrogens (tertiary/aromatic N) is 1. The molecule has 0 radical (unpaired) electrons. The Morgan fingerprint density at radius 3 is 2.43 bits per heavy atom. The van der Waals surface area contributed by atoms with Crippen molar-refractivity contribution in [3.8, 4) is 5.75 Å². The Morgan fingerprint density at radius 1 is 1.25 bits per heavy atom. The Bertz CT molecular complexity index is 655. The molecular formula is C22H33NO5. The van der Waals surface area contributed by atoms with Crippen LogP contribution in [0.1, 0.15) is 60.3 Å². The molecule has 0 bridgehead atoms. The van der Waals surface area contributed by atoms with Gasteiger partial charge in [-0.2, -0.15) is 0 Å². The number of carbonyl (C=O) groups is 2. The number of amides is 1. The van der Waals surface area contributed by atoms with Crippen LogP contribution in [0.5, 0.6) is 5.75 Å². The van der Waals surface area contributed by atoms with Crippen molar-refractivity contribution in [1.29, 1.82) is 0 Å². The van der Waals surface area contributed by atoms with Crippen molar-refractivity contribution in [3.05, 3.63) is 30.3 Å². The van der Waals surface area contributed by atoms with Gasteiger partial charge in [-0.05, 0) is 65.0 Å². The molecule has 1 fully saturated rings. The molecule has 1 amide bonds. The molecule has 2 rings (SSSR count). The molecule has 0 aromatic heterocycles. The van der Waals surface area contributed by atoms with Crippen LogP contribution in [0.4, 0.5) is 4.79 Å². The summed E-state index contributed by atoms with van der Waals surface area (Å²) in [5.41, 5.74) is -0.698. The molecule has 6 nitrogen and oxygen atoms in total. The van der Waals surface area contributed by atoms with Crippen LogP contribution in [0, 0.1) is 5.92 Å². The summed E-state index contributed by atoms with van der Waals surface area (Å²) in [6, 6.07) is 8.71. The van der Waals surface area contributed by atoms with Gasteiger partial charge >= 0.3 is 12.1 Å². The second-order valence-corrected chi connectivity index (χ2v) is 8.48. The summed E-state index contributed by atoms with van der Waals surface area (Å²) < 4.78 is 12.0. The van der Waals surface area contributed by atoms with E-state index in [-0.39, 0.29) is 12.0 Å². The Morgan fingerprint density at radius 2 is 1.89 bits per heavy atom. The SMILES string of the molecule is CC[C@H]1CCC[C@H](N(C(=O)O)C(C)(C)C)C(=O)O[C@@H](C)[C@@H]1Oc1ccccc1. The van der Waals surface area contributed by atoms with Gasteiger partial charge in [-0.3, -0.25) is 4.90 Å². The van der Waals surface area contributed by atoms with Crippen LogP contribution in [0.25, 0.3) is 0 Å². The molecule has 4 atom stereocenters. The van der Waals surface area contributed by atoms with E-state index in [1.54, 1.807) is 20.8 Å². The van der Waals surface area contributed by atoms with Gasteiger partial charge in [0.1, 0.15) is 24.0 Å². The molecule has 1 saturated heterocycles. The molecule has 0 spiro atoms. The van der Waals surface area contributed by atoms with E-state index in [1.807, 2.05) is 37.3 Å². The lowest BCUT2D eigenvalue weighted by Crippen LogP contribution is -2.55. The normalized spacial score (nSPS) is 26.4. The average Bonchev–Trinajstić information content (AvgIpc) is 2.66. The third-order valence-electron chi connectivity index (χ3n) is 5.33. The molecule has 156 valence electrons. The van der Waals surface area contributed by atoms with E-state index >= 15 is 0 Å². The van der Waals surface area contributed by atoms with E-state index in [0.717, 1.165) is 25.0 Å². The maximum atomic E-state index is 12.9. The maximum absolute atomic E-state index is 12.9. The second kappa shape index (κ2) is 9.30. The molecule has 0 unspecified atom stereocenters. The number of hydrogen-bond acceptors (Lipinski definition) is 4. The number of ether oxygens (including phenoxy) is 2. The van der Waals surface area contributed by atoms with Crippen molar-refractivity contribution in [1.82, 2.24) is 4.90 Å². The Hall–Kier alpha value is -2.24. The van der Waals surface area contributed by atoms with Crippen LogP contribution >= 0.6 is 0 Å². The summed E-state index contributed by atoms with van der Waals surface area (Å²) in [6.45, 7) is 9.31. The summed E-state index contributed by atoms with van der Waals surface area (Å²) >= 11 is 0. The van der Waals surface area contributed by atoms with Gasteiger partial charge in [-0.15, -0.1) is 0 Å². The Kier molecular flexibility index (Phi) is 7.33. The molecule has 0 aliphatic carbocycles. The van der Waals surface area contributed by atoms with Crippen molar-refractivity contribution in [2.45, 2.75) is 84.1 Å². The minimum atomic E-state index is -1.11. The zero-order valence-corrected chi connectivity index (χ0v) is 17.6. The van der Waals surface area contributed by atoms with Gasteiger partial charge in [0.2, 0.25) is 0 Å². The molecule has 28 heavy (non-hydrogen) atoms. The smallest absolute Gasteiger partial charge is 0.408 e. The molecule has 6 heteroatoms. The first kappa shape index (κ1) is 22.1. The standard InChI is InChI=1S/C22H33NO5/c1-6-16-11-10-14-18(23(21(25)26)22(3,4)5)20(24)27-15(2)19(16)28-17-12-8-7-9-13-17/h7-9,12-13,15-16,18-19H,6,10-11,14H2,1-5H3,(H,25,26)/t15-,16-,18-,19-/m0/s1. The fraction of sp³-hybridized carbons (Fsp3) is 0.636. The maximum Gasteiger partial charge on any atom is 0.408 e. The first-order valence-corrected chi connectivity index (χ1v) is 10.1.